The van der Waals surface area contributed by atoms with Crippen molar-refractivity contribution in [2.45, 2.75) is 0 Å². The first kappa shape index (κ1) is 13.9. The summed E-state index contributed by atoms with van der Waals surface area (Å²) >= 11 is 0. The smallest absolute Gasteiger partial charge is 0.0923 e. The van der Waals surface area contributed by atoms with Crippen LogP contribution < -0.4 is 0 Å². The molecule has 5 aromatic rings. The monoisotopic (exact) mass is 321 g/mol. The quantitative estimate of drug-likeness (QED) is 0.470. The Hall–Kier alpha value is -3.46. The zero-order valence-electron chi connectivity index (χ0n) is 13.5. The average molecular weight is 321 g/mol. The zero-order chi connectivity index (χ0) is 16.6. The molecular weight excluding hydrogens is 306 g/mol. The van der Waals surface area contributed by atoms with Crippen molar-refractivity contribution in [3.05, 3.63) is 85.5 Å². The molecule has 3 nitrogen and oxygen atoms in total. The maximum atomic E-state index is 4.58. The maximum absolute atomic E-state index is 4.58. The third kappa shape index (κ3) is 2.29. The first-order chi connectivity index (χ1) is 12.4. The summed E-state index contributed by atoms with van der Waals surface area (Å²) in [5, 5.41) is 2.23. The van der Waals surface area contributed by atoms with Crippen LogP contribution in [-0.4, -0.2) is 15.0 Å². The summed E-state index contributed by atoms with van der Waals surface area (Å²) in [6.45, 7) is 0. The van der Waals surface area contributed by atoms with Gasteiger partial charge in [-0.15, -0.1) is 0 Å². The van der Waals surface area contributed by atoms with Crippen LogP contribution in [0.25, 0.3) is 44.1 Å². The SMILES string of the molecule is c1ccc(-c2ccc(-c3cc4[nH]cncc4c4ccnc34)cc2)cc1. The van der Waals surface area contributed by atoms with Gasteiger partial charge in [-0.2, -0.15) is 0 Å². The number of fused-ring (bicyclic) bond motifs is 3. The van der Waals surface area contributed by atoms with E-state index in [-0.39, 0.29) is 0 Å². The lowest BCUT2D eigenvalue weighted by Gasteiger charge is -2.08. The summed E-state index contributed by atoms with van der Waals surface area (Å²) < 4.78 is 0. The molecule has 5 rings (SSSR count). The molecule has 118 valence electrons. The Morgan fingerprint density at radius 1 is 0.720 bits per heavy atom. The summed E-state index contributed by atoms with van der Waals surface area (Å²) in [6.07, 6.45) is 5.46. The lowest BCUT2D eigenvalue weighted by atomic mass is 9.97. The topological polar surface area (TPSA) is 41.6 Å². The predicted octanol–water partition coefficient (Wildman–Crippen LogP) is 5.45. The fourth-order valence-electron chi connectivity index (χ4n) is 3.37. The predicted molar refractivity (Wildman–Crippen MR) is 102 cm³/mol. The van der Waals surface area contributed by atoms with Crippen molar-refractivity contribution in [1.29, 1.82) is 0 Å². The van der Waals surface area contributed by atoms with Gasteiger partial charge in [0.25, 0.3) is 0 Å². The van der Waals surface area contributed by atoms with Crippen molar-refractivity contribution in [2.24, 2.45) is 0 Å². The van der Waals surface area contributed by atoms with Crippen molar-refractivity contribution in [3.8, 4) is 22.3 Å². The molecule has 25 heavy (non-hydrogen) atoms. The van der Waals surface area contributed by atoms with E-state index in [1.165, 1.54) is 11.1 Å². The van der Waals surface area contributed by atoms with E-state index in [1.807, 2.05) is 18.5 Å². The highest BCUT2D eigenvalue weighted by molar-refractivity contribution is 6.11. The fraction of sp³-hybridized carbons (Fsp3) is 0. The Balaban J connectivity index is 1.69. The van der Waals surface area contributed by atoms with E-state index in [1.54, 1.807) is 6.33 Å². The lowest BCUT2D eigenvalue weighted by molar-refractivity contribution is 1.23. The van der Waals surface area contributed by atoms with Crippen LogP contribution in [-0.2, 0) is 0 Å². The second-order valence-corrected chi connectivity index (χ2v) is 6.09. The van der Waals surface area contributed by atoms with Crippen molar-refractivity contribution >= 4 is 21.8 Å². The van der Waals surface area contributed by atoms with Crippen molar-refractivity contribution in [2.75, 3.05) is 0 Å². The molecule has 1 N–H and O–H groups in total. The average Bonchev–Trinajstić information content (AvgIpc) is 3.18. The summed E-state index contributed by atoms with van der Waals surface area (Å²) in [7, 11) is 0. The molecule has 2 aromatic heterocycles. The number of benzene rings is 3. The number of aromatic amines is 1. The van der Waals surface area contributed by atoms with Crippen LogP contribution >= 0.6 is 0 Å². The normalized spacial score (nSPS) is 11.2. The first-order valence-electron chi connectivity index (χ1n) is 8.26. The number of aromatic nitrogens is 3. The molecule has 3 heteroatoms. The summed E-state index contributed by atoms with van der Waals surface area (Å²) in [5.74, 6) is 0. The van der Waals surface area contributed by atoms with Gasteiger partial charge in [-0.1, -0.05) is 54.6 Å². The zero-order valence-corrected chi connectivity index (χ0v) is 13.5. The molecule has 0 atom stereocenters. The van der Waals surface area contributed by atoms with Gasteiger partial charge < -0.3 is 4.98 Å². The van der Waals surface area contributed by atoms with Crippen LogP contribution in [0.15, 0.2) is 85.5 Å². The first-order valence-corrected chi connectivity index (χ1v) is 8.26. The molecule has 3 aromatic carbocycles. The summed E-state index contributed by atoms with van der Waals surface area (Å²) in [5.41, 5.74) is 6.82. The van der Waals surface area contributed by atoms with Gasteiger partial charge >= 0.3 is 0 Å². The highest BCUT2D eigenvalue weighted by Crippen LogP contribution is 2.34. The standard InChI is InChI=1S/C22H15N3/c1-2-4-15(5-3-1)16-6-8-17(9-7-16)19-12-21-20(13-23-14-25-21)18-10-11-24-22(18)19/h1-14H,(H,23,25). The molecular formula is C22H15N3. The number of nitrogens with zero attached hydrogens (tertiary/aromatic N) is 2. The number of H-pyrrole nitrogens is 1. The lowest BCUT2D eigenvalue weighted by Crippen LogP contribution is -1.87. The van der Waals surface area contributed by atoms with E-state index in [4.69, 9.17) is 0 Å². The number of hydrogen-bond acceptors (Lipinski definition) is 2. The van der Waals surface area contributed by atoms with Gasteiger partial charge in [0.05, 0.1) is 11.8 Å². The molecule has 0 aliphatic rings. The Morgan fingerprint density at radius 2 is 1.48 bits per heavy atom. The van der Waals surface area contributed by atoms with Gasteiger partial charge in [0.2, 0.25) is 0 Å². The molecule has 0 unspecified atom stereocenters. The van der Waals surface area contributed by atoms with E-state index < -0.39 is 0 Å². The molecule has 2 heterocycles. The van der Waals surface area contributed by atoms with Gasteiger partial charge in [0.15, 0.2) is 0 Å². The van der Waals surface area contributed by atoms with Crippen molar-refractivity contribution < 1.29 is 0 Å². The van der Waals surface area contributed by atoms with E-state index in [0.717, 1.165) is 32.9 Å². The Labute approximate surface area is 145 Å². The minimum absolute atomic E-state index is 1.02. The molecule has 0 amide bonds. The van der Waals surface area contributed by atoms with E-state index in [2.05, 4.69) is 75.6 Å². The largest absolute Gasteiger partial charge is 0.346 e. The van der Waals surface area contributed by atoms with Gasteiger partial charge in [0, 0.05) is 34.2 Å². The Kier molecular flexibility index (Phi) is 3.10. The minimum Gasteiger partial charge on any atom is -0.346 e. The van der Waals surface area contributed by atoms with Crippen LogP contribution in [0.2, 0.25) is 0 Å². The highest BCUT2D eigenvalue weighted by atomic mass is 14.8. The van der Waals surface area contributed by atoms with Crippen LogP contribution in [0.3, 0.4) is 0 Å². The summed E-state index contributed by atoms with van der Waals surface area (Å²) in [6, 6.07) is 23.3. The fourth-order valence-corrected chi connectivity index (χ4v) is 3.37. The minimum atomic E-state index is 1.02. The Bertz CT molecular complexity index is 1170. The molecule has 0 spiro atoms. The van der Waals surface area contributed by atoms with Crippen LogP contribution in [0.4, 0.5) is 0 Å². The molecule has 0 fully saturated rings. The molecule has 0 bridgehead atoms. The van der Waals surface area contributed by atoms with E-state index >= 15 is 0 Å². The van der Waals surface area contributed by atoms with Gasteiger partial charge in [-0.05, 0) is 28.8 Å². The van der Waals surface area contributed by atoms with Crippen LogP contribution in [0, 0.1) is 0 Å². The molecule has 0 aliphatic carbocycles. The van der Waals surface area contributed by atoms with Crippen molar-refractivity contribution in [3.63, 3.8) is 0 Å². The van der Waals surface area contributed by atoms with Crippen molar-refractivity contribution in [1.82, 2.24) is 15.0 Å². The number of hydrogen-bond donors (Lipinski definition) is 1. The number of nitrogens with one attached hydrogen (secondary N) is 1. The van der Waals surface area contributed by atoms with Crippen LogP contribution in [0.5, 0.6) is 0 Å². The Morgan fingerprint density at radius 3 is 2.32 bits per heavy atom. The maximum Gasteiger partial charge on any atom is 0.0923 e. The number of rotatable bonds is 2. The third-order valence-electron chi connectivity index (χ3n) is 4.63. The molecule has 0 radical (unpaired) electrons. The second-order valence-electron chi connectivity index (χ2n) is 6.09. The van der Waals surface area contributed by atoms with E-state index in [9.17, 15) is 0 Å². The van der Waals surface area contributed by atoms with Gasteiger partial charge in [-0.3, -0.25) is 4.98 Å². The second kappa shape index (κ2) is 5.56. The summed E-state index contributed by atoms with van der Waals surface area (Å²) in [4.78, 5) is 12.0. The molecule has 0 saturated heterocycles. The van der Waals surface area contributed by atoms with Gasteiger partial charge in [-0.25, -0.2) is 4.98 Å². The molecule has 0 aliphatic heterocycles. The molecule has 0 saturated carbocycles. The van der Waals surface area contributed by atoms with Gasteiger partial charge in [0.1, 0.15) is 0 Å². The van der Waals surface area contributed by atoms with Crippen LogP contribution in [0.1, 0.15) is 0 Å². The third-order valence-corrected chi connectivity index (χ3v) is 4.63. The highest BCUT2D eigenvalue weighted by Gasteiger charge is 2.11. The van der Waals surface area contributed by atoms with E-state index in [0.29, 0.717) is 0 Å².